The van der Waals surface area contributed by atoms with Crippen LogP contribution in [0.3, 0.4) is 0 Å². The Bertz CT molecular complexity index is 833. The van der Waals surface area contributed by atoms with Crippen molar-refractivity contribution in [2.75, 3.05) is 45.8 Å². The number of likely N-dealkylation sites (tertiary alicyclic amines) is 1. The highest BCUT2D eigenvalue weighted by atomic mass is 35.5. The molecule has 0 spiro atoms. The maximum atomic E-state index is 12.6. The molecule has 0 bridgehead atoms. The van der Waals surface area contributed by atoms with Crippen molar-refractivity contribution in [1.29, 1.82) is 0 Å². The van der Waals surface area contributed by atoms with E-state index in [0.29, 0.717) is 42.0 Å². The minimum atomic E-state index is -0.175. The van der Waals surface area contributed by atoms with Crippen LogP contribution in [0.15, 0.2) is 24.3 Å². The Balaban J connectivity index is 1.41. The third kappa shape index (κ3) is 7.20. The van der Waals surface area contributed by atoms with Gasteiger partial charge in [0.1, 0.15) is 0 Å². The van der Waals surface area contributed by atoms with Crippen LogP contribution >= 0.6 is 23.2 Å². The van der Waals surface area contributed by atoms with Gasteiger partial charge in [-0.1, -0.05) is 36.2 Å². The first-order chi connectivity index (χ1) is 15.3. The van der Waals surface area contributed by atoms with E-state index in [0.717, 1.165) is 51.0 Å². The number of hydrogen-bond acceptors (Lipinski definition) is 4. The molecule has 2 amide bonds. The second-order valence-corrected chi connectivity index (χ2v) is 9.62. The van der Waals surface area contributed by atoms with E-state index in [4.69, 9.17) is 23.2 Å². The molecular formula is C24H33Cl2N3O3. The number of amides is 2. The molecule has 2 aliphatic heterocycles. The maximum Gasteiger partial charge on any atom is 0.246 e. The van der Waals surface area contributed by atoms with Gasteiger partial charge in [0.15, 0.2) is 0 Å². The summed E-state index contributed by atoms with van der Waals surface area (Å²) < 4.78 is 0. The van der Waals surface area contributed by atoms with Gasteiger partial charge in [0.25, 0.3) is 0 Å². The molecule has 32 heavy (non-hydrogen) atoms. The molecule has 6 nitrogen and oxygen atoms in total. The molecule has 176 valence electrons. The van der Waals surface area contributed by atoms with Crippen LogP contribution in [0.1, 0.15) is 38.2 Å². The lowest BCUT2D eigenvalue weighted by molar-refractivity contribution is -0.130. The standard InChI is InChI=1S/C24H33Cl2N3O3/c1-18-17-27(12-8-22(18)30)10-2-3-11-28-14-15-29(13-9-24(28)32)23(31)7-5-19-4-6-20(25)21(26)16-19/h4-7,16,18,22,30H,2-3,8-15,17H2,1H3. The summed E-state index contributed by atoms with van der Waals surface area (Å²) in [5.41, 5.74) is 0.804. The van der Waals surface area contributed by atoms with Crippen LogP contribution in [-0.2, 0) is 9.59 Å². The number of nitrogens with zero attached hydrogens (tertiary/aromatic N) is 3. The van der Waals surface area contributed by atoms with Crippen molar-refractivity contribution < 1.29 is 14.7 Å². The Labute approximate surface area is 200 Å². The molecule has 0 aromatic heterocycles. The number of halogens is 2. The second-order valence-electron chi connectivity index (χ2n) is 8.80. The summed E-state index contributed by atoms with van der Waals surface area (Å²) >= 11 is 12.0. The van der Waals surface area contributed by atoms with Gasteiger partial charge in [0.2, 0.25) is 11.8 Å². The number of unbranched alkanes of at least 4 members (excludes halogenated alkanes) is 1. The van der Waals surface area contributed by atoms with Gasteiger partial charge in [-0.25, -0.2) is 0 Å². The van der Waals surface area contributed by atoms with Crippen molar-refractivity contribution >= 4 is 41.1 Å². The quantitative estimate of drug-likeness (QED) is 0.477. The minimum Gasteiger partial charge on any atom is -0.393 e. The van der Waals surface area contributed by atoms with Gasteiger partial charge in [-0.2, -0.15) is 0 Å². The van der Waals surface area contributed by atoms with E-state index in [1.807, 2.05) is 4.90 Å². The first kappa shape index (κ1) is 25.0. The van der Waals surface area contributed by atoms with Crippen LogP contribution < -0.4 is 0 Å². The zero-order chi connectivity index (χ0) is 23.1. The van der Waals surface area contributed by atoms with Gasteiger partial charge < -0.3 is 19.8 Å². The van der Waals surface area contributed by atoms with Gasteiger partial charge in [0.05, 0.1) is 16.1 Å². The maximum absolute atomic E-state index is 12.6. The lowest BCUT2D eigenvalue weighted by Gasteiger charge is -2.34. The fraction of sp³-hybridized carbons (Fsp3) is 0.583. The third-order valence-electron chi connectivity index (χ3n) is 6.36. The van der Waals surface area contributed by atoms with Gasteiger partial charge in [-0.3, -0.25) is 9.59 Å². The molecule has 0 radical (unpaired) electrons. The van der Waals surface area contributed by atoms with Crippen LogP contribution in [0.2, 0.25) is 10.0 Å². The number of aliphatic hydroxyl groups is 1. The molecule has 2 fully saturated rings. The molecule has 1 aromatic rings. The number of rotatable bonds is 7. The van der Waals surface area contributed by atoms with Crippen molar-refractivity contribution in [3.63, 3.8) is 0 Å². The second kappa shape index (κ2) is 12.0. The Kier molecular flexibility index (Phi) is 9.41. The van der Waals surface area contributed by atoms with Crippen LogP contribution in [-0.4, -0.2) is 83.5 Å². The summed E-state index contributed by atoms with van der Waals surface area (Å²) in [5, 5.41) is 10.8. The number of carbonyl (C=O) groups is 2. The highest BCUT2D eigenvalue weighted by Gasteiger charge is 2.24. The minimum absolute atomic E-state index is 0.105. The smallest absolute Gasteiger partial charge is 0.246 e. The summed E-state index contributed by atoms with van der Waals surface area (Å²) in [5.74, 6) is 0.334. The average Bonchev–Trinajstić information content (AvgIpc) is 2.96. The largest absolute Gasteiger partial charge is 0.393 e. The van der Waals surface area contributed by atoms with Crippen molar-refractivity contribution in [2.45, 2.75) is 38.7 Å². The summed E-state index contributed by atoms with van der Waals surface area (Å²) in [6, 6.07) is 5.22. The first-order valence-corrected chi connectivity index (χ1v) is 12.2. The SMILES string of the molecule is CC1CN(CCCCN2CCN(C(=O)C=Cc3ccc(Cl)c(Cl)c3)CCC2=O)CCC1O. The summed E-state index contributed by atoms with van der Waals surface area (Å²) in [6.45, 7) is 7.26. The number of piperidine rings is 1. The van der Waals surface area contributed by atoms with Crippen LogP contribution in [0, 0.1) is 5.92 Å². The Morgan fingerprint density at radius 1 is 1.12 bits per heavy atom. The normalized spacial score (nSPS) is 23.1. The molecule has 2 atom stereocenters. The molecule has 2 unspecified atom stereocenters. The molecule has 3 rings (SSSR count). The summed E-state index contributed by atoms with van der Waals surface area (Å²) in [7, 11) is 0. The summed E-state index contributed by atoms with van der Waals surface area (Å²) in [6.07, 6.45) is 6.24. The van der Waals surface area contributed by atoms with Gasteiger partial charge >= 0.3 is 0 Å². The number of hydrogen-bond donors (Lipinski definition) is 1. The molecule has 0 saturated carbocycles. The molecular weight excluding hydrogens is 449 g/mol. The first-order valence-electron chi connectivity index (χ1n) is 11.4. The lowest BCUT2D eigenvalue weighted by atomic mass is 9.96. The predicted octanol–water partition coefficient (Wildman–Crippen LogP) is 3.55. The Morgan fingerprint density at radius 2 is 1.91 bits per heavy atom. The number of aliphatic hydroxyl groups excluding tert-OH is 1. The van der Waals surface area contributed by atoms with Crippen molar-refractivity contribution in [3.8, 4) is 0 Å². The molecule has 8 heteroatoms. The predicted molar refractivity (Wildman–Crippen MR) is 129 cm³/mol. The highest BCUT2D eigenvalue weighted by Crippen LogP contribution is 2.23. The molecule has 1 aromatic carbocycles. The third-order valence-corrected chi connectivity index (χ3v) is 7.10. The van der Waals surface area contributed by atoms with Gasteiger partial charge in [0, 0.05) is 51.8 Å². The van der Waals surface area contributed by atoms with E-state index >= 15 is 0 Å². The number of benzene rings is 1. The van der Waals surface area contributed by atoms with Crippen LogP contribution in [0.4, 0.5) is 0 Å². The van der Waals surface area contributed by atoms with E-state index in [2.05, 4.69) is 11.8 Å². The fourth-order valence-corrected chi connectivity index (χ4v) is 4.58. The van der Waals surface area contributed by atoms with Crippen molar-refractivity contribution in [2.24, 2.45) is 5.92 Å². The van der Waals surface area contributed by atoms with Gasteiger partial charge in [-0.15, -0.1) is 0 Å². The molecule has 2 heterocycles. The van der Waals surface area contributed by atoms with Crippen molar-refractivity contribution in [1.82, 2.24) is 14.7 Å². The van der Waals surface area contributed by atoms with E-state index in [-0.39, 0.29) is 17.9 Å². The molecule has 0 aliphatic carbocycles. The van der Waals surface area contributed by atoms with E-state index in [9.17, 15) is 14.7 Å². The van der Waals surface area contributed by atoms with E-state index < -0.39 is 0 Å². The van der Waals surface area contributed by atoms with Crippen LogP contribution in [0.25, 0.3) is 6.08 Å². The van der Waals surface area contributed by atoms with Crippen molar-refractivity contribution in [3.05, 3.63) is 39.9 Å². The topological polar surface area (TPSA) is 64.1 Å². The molecule has 1 N–H and O–H groups in total. The monoisotopic (exact) mass is 481 g/mol. The zero-order valence-corrected chi connectivity index (χ0v) is 20.2. The Morgan fingerprint density at radius 3 is 2.66 bits per heavy atom. The fourth-order valence-electron chi connectivity index (χ4n) is 4.27. The summed E-state index contributed by atoms with van der Waals surface area (Å²) in [4.78, 5) is 31.1. The molecule has 2 aliphatic rings. The van der Waals surface area contributed by atoms with Crippen LogP contribution in [0.5, 0.6) is 0 Å². The Hall–Kier alpha value is -1.60. The lowest BCUT2D eigenvalue weighted by Crippen LogP contribution is -2.42. The zero-order valence-electron chi connectivity index (χ0n) is 18.7. The van der Waals surface area contributed by atoms with E-state index in [1.54, 1.807) is 29.2 Å². The van der Waals surface area contributed by atoms with Gasteiger partial charge in [-0.05, 0) is 55.5 Å². The highest BCUT2D eigenvalue weighted by molar-refractivity contribution is 6.42. The van der Waals surface area contributed by atoms with E-state index in [1.165, 1.54) is 6.08 Å². The number of carbonyl (C=O) groups excluding carboxylic acids is 2. The average molecular weight is 482 g/mol. The molecule has 2 saturated heterocycles.